The average Bonchev–Trinajstić information content (AvgIpc) is 2.59. The molecule has 0 spiro atoms. The number of nitrogens with zero attached hydrogens (tertiary/aromatic N) is 3. The molecule has 2 atom stereocenters. The highest BCUT2D eigenvalue weighted by Crippen LogP contribution is 2.28. The van der Waals surface area contributed by atoms with Crippen molar-refractivity contribution in [2.75, 3.05) is 33.7 Å². The van der Waals surface area contributed by atoms with Crippen molar-refractivity contribution in [1.29, 1.82) is 0 Å². The van der Waals surface area contributed by atoms with Gasteiger partial charge in [0.1, 0.15) is 0 Å². The molecule has 19 heavy (non-hydrogen) atoms. The smallest absolute Gasteiger partial charge is 0.319 e. The Morgan fingerprint density at radius 2 is 1.95 bits per heavy atom. The summed E-state index contributed by atoms with van der Waals surface area (Å²) in [5.41, 5.74) is 0. The summed E-state index contributed by atoms with van der Waals surface area (Å²) >= 11 is 0. The van der Waals surface area contributed by atoms with Gasteiger partial charge in [0, 0.05) is 38.8 Å². The Balaban J connectivity index is 1.90. The first-order valence-electron chi connectivity index (χ1n) is 6.93. The quantitative estimate of drug-likeness (QED) is 0.818. The predicted octanol–water partition coefficient (Wildman–Crippen LogP) is 0.681. The van der Waals surface area contributed by atoms with Crippen LogP contribution in [-0.4, -0.2) is 77.6 Å². The first-order valence-corrected chi connectivity index (χ1v) is 6.93. The Labute approximate surface area is 114 Å². The van der Waals surface area contributed by atoms with E-state index >= 15 is 0 Å². The van der Waals surface area contributed by atoms with E-state index in [1.807, 2.05) is 4.90 Å². The highest BCUT2D eigenvalue weighted by molar-refractivity contribution is 5.75. The fourth-order valence-corrected chi connectivity index (χ4v) is 3.08. The zero-order valence-electron chi connectivity index (χ0n) is 11.7. The number of likely N-dealkylation sites (N-methyl/N-ethyl adjacent to an activating group) is 1. The number of carboxylic acid groups (broad SMARTS) is 1. The number of carbonyl (C=O) groups is 2. The third kappa shape index (κ3) is 3.18. The van der Waals surface area contributed by atoms with Crippen molar-refractivity contribution in [3.8, 4) is 0 Å². The van der Waals surface area contributed by atoms with Crippen molar-refractivity contribution in [2.45, 2.75) is 37.8 Å². The molecule has 6 heteroatoms. The molecule has 2 aliphatic rings. The van der Waals surface area contributed by atoms with Gasteiger partial charge in [-0.1, -0.05) is 0 Å². The number of carboxylic acids is 1. The average molecular weight is 269 g/mol. The van der Waals surface area contributed by atoms with Crippen LogP contribution in [0.25, 0.3) is 0 Å². The molecule has 2 rings (SSSR count). The number of rotatable bonds is 3. The minimum Gasteiger partial charge on any atom is -0.481 e. The molecule has 0 aromatic rings. The molecule has 0 radical (unpaired) electrons. The SMILES string of the molecule is CN(CCC(=O)O)C(=O)N1CCC2CCC(C1)N2C. The molecule has 2 aliphatic heterocycles. The molecule has 108 valence electrons. The van der Waals surface area contributed by atoms with E-state index in [0.717, 1.165) is 25.9 Å². The summed E-state index contributed by atoms with van der Waals surface area (Å²) in [6.07, 6.45) is 3.41. The number of likely N-dealkylation sites (tertiary alicyclic amines) is 1. The van der Waals surface area contributed by atoms with E-state index in [1.165, 1.54) is 11.3 Å². The molecule has 0 aliphatic carbocycles. The lowest BCUT2D eigenvalue weighted by Gasteiger charge is -2.29. The summed E-state index contributed by atoms with van der Waals surface area (Å²) in [7, 11) is 3.82. The van der Waals surface area contributed by atoms with Gasteiger partial charge in [0.15, 0.2) is 0 Å². The molecule has 1 N–H and O–H groups in total. The van der Waals surface area contributed by atoms with E-state index in [-0.39, 0.29) is 19.0 Å². The van der Waals surface area contributed by atoms with E-state index < -0.39 is 5.97 Å². The Morgan fingerprint density at radius 3 is 2.63 bits per heavy atom. The van der Waals surface area contributed by atoms with Crippen LogP contribution in [0.1, 0.15) is 25.7 Å². The van der Waals surface area contributed by atoms with Crippen LogP contribution >= 0.6 is 0 Å². The molecule has 0 saturated carbocycles. The topological polar surface area (TPSA) is 64.1 Å². The number of amides is 2. The van der Waals surface area contributed by atoms with Gasteiger partial charge in [-0.2, -0.15) is 0 Å². The lowest BCUT2D eigenvalue weighted by atomic mass is 10.1. The maximum Gasteiger partial charge on any atom is 0.319 e. The normalized spacial score (nSPS) is 27.2. The van der Waals surface area contributed by atoms with E-state index in [9.17, 15) is 9.59 Å². The van der Waals surface area contributed by atoms with Gasteiger partial charge >= 0.3 is 12.0 Å². The van der Waals surface area contributed by atoms with E-state index in [4.69, 9.17) is 5.11 Å². The van der Waals surface area contributed by atoms with Gasteiger partial charge < -0.3 is 14.9 Å². The molecule has 2 saturated heterocycles. The summed E-state index contributed by atoms with van der Waals surface area (Å²) in [4.78, 5) is 28.6. The van der Waals surface area contributed by atoms with Crippen molar-refractivity contribution in [3.05, 3.63) is 0 Å². The van der Waals surface area contributed by atoms with Crippen molar-refractivity contribution in [1.82, 2.24) is 14.7 Å². The maximum atomic E-state index is 12.3. The molecule has 6 nitrogen and oxygen atoms in total. The summed E-state index contributed by atoms with van der Waals surface area (Å²) in [5, 5.41) is 8.66. The van der Waals surface area contributed by atoms with Gasteiger partial charge in [-0.05, 0) is 26.3 Å². The lowest BCUT2D eigenvalue weighted by Crippen LogP contribution is -2.45. The van der Waals surface area contributed by atoms with Crippen LogP contribution in [0.3, 0.4) is 0 Å². The highest BCUT2D eigenvalue weighted by atomic mass is 16.4. The molecular formula is C13H23N3O3. The lowest BCUT2D eigenvalue weighted by molar-refractivity contribution is -0.137. The number of aliphatic carboxylic acids is 1. The van der Waals surface area contributed by atoms with Crippen LogP contribution in [-0.2, 0) is 4.79 Å². The Kier molecular flexibility index (Phi) is 4.29. The van der Waals surface area contributed by atoms with Gasteiger partial charge in [-0.25, -0.2) is 4.79 Å². The summed E-state index contributed by atoms with van der Waals surface area (Å²) < 4.78 is 0. The summed E-state index contributed by atoms with van der Waals surface area (Å²) in [5.74, 6) is -0.866. The van der Waals surface area contributed by atoms with E-state index in [2.05, 4.69) is 11.9 Å². The molecule has 2 amide bonds. The van der Waals surface area contributed by atoms with Crippen LogP contribution in [0, 0.1) is 0 Å². The molecule has 0 aromatic heterocycles. The van der Waals surface area contributed by atoms with Crippen LogP contribution in [0.5, 0.6) is 0 Å². The molecule has 0 aromatic carbocycles. The third-order valence-corrected chi connectivity index (χ3v) is 4.41. The second kappa shape index (κ2) is 5.77. The molecule has 2 unspecified atom stereocenters. The minimum atomic E-state index is -0.866. The molecule has 2 bridgehead atoms. The van der Waals surface area contributed by atoms with Crippen LogP contribution < -0.4 is 0 Å². The number of fused-ring (bicyclic) bond motifs is 2. The molecular weight excluding hydrogens is 246 g/mol. The maximum absolute atomic E-state index is 12.3. The zero-order chi connectivity index (χ0) is 14.0. The second-order valence-corrected chi connectivity index (χ2v) is 5.63. The number of hydrogen-bond acceptors (Lipinski definition) is 3. The van der Waals surface area contributed by atoms with E-state index in [0.29, 0.717) is 12.1 Å². The fraction of sp³-hybridized carbons (Fsp3) is 0.846. The van der Waals surface area contributed by atoms with Gasteiger partial charge in [0.25, 0.3) is 0 Å². The first-order chi connectivity index (χ1) is 8.99. The largest absolute Gasteiger partial charge is 0.481 e. The van der Waals surface area contributed by atoms with Gasteiger partial charge in [-0.3, -0.25) is 9.69 Å². The third-order valence-electron chi connectivity index (χ3n) is 4.41. The van der Waals surface area contributed by atoms with Crippen LogP contribution in [0.15, 0.2) is 0 Å². The monoisotopic (exact) mass is 269 g/mol. The van der Waals surface area contributed by atoms with Gasteiger partial charge in [0.2, 0.25) is 0 Å². The Hall–Kier alpha value is -1.30. The van der Waals surface area contributed by atoms with E-state index in [1.54, 1.807) is 7.05 Å². The first kappa shape index (κ1) is 14.1. The van der Waals surface area contributed by atoms with Gasteiger partial charge in [-0.15, -0.1) is 0 Å². The predicted molar refractivity (Wildman–Crippen MR) is 71.0 cm³/mol. The summed E-state index contributed by atoms with van der Waals surface area (Å²) in [6, 6.07) is 1.03. The Bertz CT molecular complexity index is 361. The zero-order valence-corrected chi connectivity index (χ0v) is 11.7. The van der Waals surface area contributed by atoms with Gasteiger partial charge in [0.05, 0.1) is 6.42 Å². The minimum absolute atomic E-state index is 0.00202. The second-order valence-electron chi connectivity index (χ2n) is 5.63. The van der Waals surface area contributed by atoms with Crippen LogP contribution in [0.2, 0.25) is 0 Å². The number of urea groups is 1. The fourth-order valence-electron chi connectivity index (χ4n) is 3.08. The Morgan fingerprint density at radius 1 is 1.26 bits per heavy atom. The van der Waals surface area contributed by atoms with Crippen molar-refractivity contribution in [2.24, 2.45) is 0 Å². The highest BCUT2D eigenvalue weighted by Gasteiger charge is 2.36. The number of carbonyl (C=O) groups excluding carboxylic acids is 1. The molecule has 2 fully saturated rings. The summed E-state index contributed by atoms with van der Waals surface area (Å²) in [6.45, 7) is 1.82. The van der Waals surface area contributed by atoms with Crippen molar-refractivity contribution < 1.29 is 14.7 Å². The number of hydrogen-bond donors (Lipinski definition) is 1. The molecule has 2 heterocycles. The van der Waals surface area contributed by atoms with Crippen molar-refractivity contribution >= 4 is 12.0 Å². The standard InChI is InChI=1S/C13H23N3O3/c1-14(7-6-12(17)18)13(19)16-8-5-10-3-4-11(9-16)15(10)2/h10-11H,3-9H2,1-2H3,(H,17,18). The van der Waals surface area contributed by atoms with Crippen LogP contribution in [0.4, 0.5) is 4.79 Å². The van der Waals surface area contributed by atoms with Crippen molar-refractivity contribution in [3.63, 3.8) is 0 Å².